The maximum absolute atomic E-state index is 12.3. The number of nitrogens with one attached hydrogen (secondary N) is 2. The van der Waals surface area contributed by atoms with Gasteiger partial charge in [-0.3, -0.25) is 14.6 Å². The largest absolute Gasteiger partial charge is 0.322 e. The van der Waals surface area contributed by atoms with E-state index < -0.39 is 0 Å². The highest BCUT2D eigenvalue weighted by Crippen LogP contribution is 2.21. The summed E-state index contributed by atoms with van der Waals surface area (Å²) >= 11 is 0. The van der Waals surface area contributed by atoms with Crippen molar-refractivity contribution in [3.63, 3.8) is 0 Å². The van der Waals surface area contributed by atoms with Gasteiger partial charge in [0.05, 0.1) is 0 Å². The summed E-state index contributed by atoms with van der Waals surface area (Å²) in [5, 5.41) is 5.70. The molecule has 2 N–H and O–H groups in total. The number of aryl methyl sites for hydroxylation is 1. The van der Waals surface area contributed by atoms with Gasteiger partial charge in [-0.15, -0.1) is 0 Å². The van der Waals surface area contributed by atoms with Crippen LogP contribution >= 0.6 is 0 Å². The van der Waals surface area contributed by atoms with Crippen LogP contribution < -0.4 is 10.6 Å². The molecule has 25 heavy (non-hydrogen) atoms. The molecule has 5 nitrogen and oxygen atoms in total. The second-order valence-electron chi connectivity index (χ2n) is 5.54. The molecule has 3 aromatic rings. The van der Waals surface area contributed by atoms with Crippen LogP contribution in [0.25, 0.3) is 0 Å². The first-order valence-electron chi connectivity index (χ1n) is 7.82. The van der Waals surface area contributed by atoms with Crippen molar-refractivity contribution in [2.75, 3.05) is 10.6 Å². The number of carbonyl (C=O) groups excluding carboxylic acids is 2. The van der Waals surface area contributed by atoms with Gasteiger partial charge in [0, 0.05) is 34.9 Å². The third kappa shape index (κ3) is 4.09. The lowest BCUT2D eigenvalue weighted by Crippen LogP contribution is -2.14. The Bertz CT molecular complexity index is 893. The molecular weight excluding hydrogens is 314 g/mol. The number of rotatable bonds is 4. The minimum absolute atomic E-state index is 0.198. The number of aromatic nitrogens is 1. The quantitative estimate of drug-likeness (QED) is 0.762. The lowest BCUT2D eigenvalue weighted by Gasteiger charge is -2.12. The molecule has 0 fully saturated rings. The summed E-state index contributed by atoms with van der Waals surface area (Å²) in [4.78, 5) is 28.4. The Morgan fingerprint density at radius 3 is 2.16 bits per heavy atom. The van der Waals surface area contributed by atoms with Crippen molar-refractivity contribution in [3.8, 4) is 0 Å². The molecule has 0 saturated heterocycles. The molecular formula is C20H17N3O2. The first-order chi connectivity index (χ1) is 12.1. The van der Waals surface area contributed by atoms with Gasteiger partial charge in [0.2, 0.25) is 0 Å². The number of amides is 2. The van der Waals surface area contributed by atoms with Crippen LogP contribution in [0.2, 0.25) is 0 Å². The normalized spacial score (nSPS) is 10.1. The summed E-state index contributed by atoms with van der Waals surface area (Å²) in [6.07, 6.45) is 3.14. The molecule has 0 atom stereocenters. The fraction of sp³-hybridized carbons (Fsp3) is 0.0500. The van der Waals surface area contributed by atoms with Gasteiger partial charge < -0.3 is 10.6 Å². The summed E-state index contributed by atoms with van der Waals surface area (Å²) < 4.78 is 0. The van der Waals surface area contributed by atoms with Gasteiger partial charge >= 0.3 is 0 Å². The monoisotopic (exact) mass is 331 g/mol. The van der Waals surface area contributed by atoms with Crippen LogP contribution in [0.4, 0.5) is 11.4 Å². The molecule has 0 unspecified atom stereocenters. The Morgan fingerprint density at radius 1 is 0.800 bits per heavy atom. The third-order valence-corrected chi connectivity index (χ3v) is 3.72. The highest BCUT2D eigenvalue weighted by atomic mass is 16.2. The molecule has 0 spiro atoms. The SMILES string of the molecule is Cc1ccc(NC(=O)c2ccccc2)cc1NC(=O)c1ccncc1. The maximum atomic E-state index is 12.3. The highest BCUT2D eigenvalue weighted by molar-refractivity contribution is 6.06. The molecule has 0 aliphatic carbocycles. The van der Waals surface area contributed by atoms with E-state index in [0.29, 0.717) is 22.5 Å². The van der Waals surface area contributed by atoms with Crippen molar-refractivity contribution < 1.29 is 9.59 Å². The fourth-order valence-corrected chi connectivity index (χ4v) is 2.32. The molecule has 2 amide bonds. The van der Waals surface area contributed by atoms with E-state index in [9.17, 15) is 9.59 Å². The number of benzene rings is 2. The van der Waals surface area contributed by atoms with E-state index in [1.165, 1.54) is 0 Å². The van der Waals surface area contributed by atoms with Crippen LogP contribution in [0.1, 0.15) is 26.3 Å². The van der Waals surface area contributed by atoms with Crippen LogP contribution in [0, 0.1) is 6.92 Å². The van der Waals surface area contributed by atoms with Crippen molar-refractivity contribution in [2.45, 2.75) is 6.92 Å². The lowest BCUT2D eigenvalue weighted by molar-refractivity contribution is 0.101. The second kappa shape index (κ2) is 7.40. The molecule has 0 aliphatic rings. The van der Waals surface area contributed by atoms with Crippen molar-refractivity contribution in [1.82, 2.24) is 4.98 Å². The van der Waals surface area contributed by atoms with Crippen molar-refractivity contribution in [3.05, 3.63) is 89.7 Å². The Hall–Kier alpha value is -3.47. The molecule has 2 aromatic carbocycles. The number of nitrogens with zero attached hydrogens (tertiary/aromatic N) is 1. The summed E-state index contributed by atoms with van der Waals surface area (Å²) in [5.74, 6) is -0.423. The van der Waals surface area contributed by atoms with Crippen LogP contribution in [-0.4, -0.2) is 16.8 Å². The van der Waals surface area contributed by atoms with Crippen molar-refractivity contribution in [2.24, 2.45) is 0 Å². The van der Waals surface area contributed by atoms with E-state index in [1.54, 1.807) is 48.8 Å². The molecule has 1 heterocycles. The summed E-state index contributed by atoms with van der Waals surface area (Å²) in [5.41, 5.74) is 3.26. The molecule has 0 saturated carbocycles. The maximum Gasteiger partial charge on any atom is 0.255 e. The molecule has 124 valence electrons. The summed E-state index contributed by atoms with van der Waals surface area (Å²) in [6, 6.07) is 17.7. The van der Waals surface area contributed by atoms with E-state index in [-0.39, 0.29) is 11.8 Å². The zero-order valence-corrected chi connectivity index (χ0v) is 13.7. The lowest BCUT2D eigenvalue weighted by atomic mass is 10.1. The second-order valence-corrected chi connectivity index (χ2v) is 5.54. The topological polar surface area (TPSA) is 71.1 Å². The van der Waals surface area contributed by atoms with E-state index in [4.69, 9.17) is 0 Å². The third-order valence-electron chi connectivity index (χ3n) is 3.72. The van der Waals surface area contributed by atoms with Gasteiger partial charge in [0.15, 0.2) is 0 Å². The average molecular weight is 331 g/mol. The van der Waals surface area contributed by atoms with Crippen LogP contribution in [0.5, 0.6) is 0 Å². The van der Waals surface area contributed by atoms with Crippen molar-refractivity contribution >= 4 is 23.2 Å². The number of anilines is 2. The molecule has 0 radical (unpaired) electrons. The molecule has 0 aliphatic heterocycles. The number of carbonyl (C=O) groups is 2. The molecule has 1 aromatic heterocycles. The molecule has 5 heteroatoms. The number of hydrogen-bond acceptors (Lipinski definition) is 3. The van der Waals surface area contributed by atoms with E-state index in [1.807, 2.05) is 31.2 Å². The number of hydrogen-bond donors (Lipinski definition) is 2. The predicted octanol–water partition coefficient (Wildman–Crippen LogP) is 3.89. The first kappa shape index (κ1) is 16.4. The zero-order chi connectivity index (χ0) is 17.6. The van der Waals surface area contributed by atoms with Gasteiger partial charge in [-0.25, -0.2) is 0 Å². The van der Waals surface area contributed by atoms with Gasteiger partial charge in [-0.05, 0) is 48.9 Å². The van der Waals surface area contributed by atoms with Crippen LogP contribution in [0.15, 0.2) is 73.1 Å². The van der Waals surface area contributed by atoms with E-state index in [0.717, 1.165) is 5.56 Å². The minimum Gasteiger partial charge on any atom is -0.322 e. The van der Waals surface area contributed by atoms with Gasteiger partial charge in [0.25, 0.3) is 11.8 Å². The summed E-state index contributed by atoms with van der Waals surface area (Å²) in [7, 11) is 0. The zero-order valence-electron chi connectivity index (χ0n) is 13.7. The standard InChI is InChI=1S/C20H17N3O2/c1-14-7-8-17(22-19(24)15-5-3-2-4-6-15)13-18(14)23-20(25)16-9-11-21-12-10-16/h2-13H,1H3,(H,22,24)(H,23,25). The van der Waals surface area contributed by atoms with E-state index >= 15 is 0 Å². The predicted molar refractivity (Wildman–Crippen MR) is 97.8 cm³/mol. The van der Waals surface area contributed by atoms with Gasteiger partial charge in [0.1, 0.15) is 0 Å². The summed E-state index contributed by atoms with van der Waals surface area (Å²) in [6.45, 7) is 1.89. The fourth-order valence-electron chi connectivity index (χ4n) is 2.32. The number of pyridine rings is 1. The minimum atomic E-state index is -0.225. The Labute approximate surface area is 145 Å². The van der Waals surface area contributed by atoms with Crippen molar-refractivity contribution in [1.29, 1.82) is 0 Å². The Morgan fingerprint density at radius 2 is 1.44 bits per heavy atom. The van der Waals surface area contributed by atoms with Crippen LogP contribution in [-0.2, 0) is 0 Å². The average Bonchev–Trinajstić information content (AvgIpc) is 2.66. The van der Waals surface area contributed by atoms with Crippen LogP contribution in [0.3, 0.4) is 0 Å². The smallest absolute Gasteiger partial charge is 0.255 e. The Balaban J connectivity index is 1.76. The molecule has 0 bridgehead atoms. The first-order valence-corrected chi connectivity index (χ1v) is 7.82. The van der Waals surface area contributed by atoms with Gasteiger partial charge in [-0.1, -0.05) is 24.3 Å². The molecule has 3 rings (SSSR count). The van der Waals surface area contributed by atoms with Gasteiger partial charge in [-0.2, -0.15) is 0 Å². The highest BCUT2D eigenvalue weighted by Gasteiger charge is 2.10. The Kier molecular flexibility index (Phi) is 4.85. The van der Waals surface area contributed by atoms with E-state index in [2.05, 4.69) is 15.6 Å².